The van der Waals surface area contributed by atoms with Crippen molar-refractivity contribution < 1.29 is 13.9 Å². The minimum atomic E-state index is -0.653. The summed E-state index contributed by atoms with van der Waals surface area (Å²) in [7, 11) is 0. The molecular formula is C14H17FN2O2. The van der Waals surface area contributed by atoms with E-state index in [0.717, 1.165) is 12.5 Å². The fraction of sp³-hybridized carbons (Fsp3) is 0.429. The van der Waals surface area contributed by atoms with Gasteiger partial charge in [-0.2, -0.15) is 5.26 Å². The van der Waals surface area contributed by atoms with Crippen molar-refractivity contribution in [2.45, 2.75) is 20.3 Å². The number of ether oxygens (including phenoxy) is 1. The molecule has 1 aromatic rings. The topological polar surface area (TPSA) is 62.1 Å². The van der Waals surface area contributed by atoms with E-state index in [1.807, 2.05) is 0 Å². The van der Waals surface area contributed by atoms with Gasteiger partial charge < -0.3 is 10.1 Å². The van der Waals surface area contributed by atoms with Crippen LogP contribution in [0.15, 0.2) is 18.2 Å². The van der Waals surface area contributed by atoms with E-state index in [-0.39, 0.29) is 23.8 Å². The molecule has 0 spiro atoms. The van der Waals surface area contributed by atoms with Gasteiger partial charge in [0, 0.05) is 12.6 Å². The average Bonchev–Trinajstić information content (AvgIpc) is 2.36. The zero-order valence-electron chi connectivity index (χ0n) is 11.1. The molecule has 102 valence electrons. The highest BCUT2D eigenvalue weighted by Crippen LogP contribution is 2.15. The number of rotatable bonds is 6. The predicted molar refractivity (Wildman–Crippen MR) is 69.1 cm³/mol. The molecule has 0 aromatic heterocycles. The molecule has 0 aliphatic rings. The summed E-state index contributed by atoms with van der Waals surface area (Å²) in [5, 5.41) is 11.3. The highest BCUT2D eigenvalue weighted by molar-refractivity contribution is 5.77. The SMILES string of the molecule is CC(C)CCNC(=O)COc1ccc(C#N)c(F)c1. The minimum Gasteiger partial charge on any atom is -0.484 e. The third-order valence-corrected chi connectivity index (χ3v) is 2.47. The second-order valence-corrected chi connectivity index (χ2v) is 4.57. The van der Waals surface area contributed by atoms with Gasteiger partial charge in [-0.25, -0.2) is 4.39 Å². The lowest BCUT2D eigenvalue weighted by atomic mass is 10.1. The Kier molecular flexibility index (Phi) is 5.80. The molecule has 0 aliphatic heterocycles. The molecule has 0 radical (unpaired) electrons. The van der Waals surface area contributed by atoms with Crippen LogP contribution < -0.4 is 10.1 Å². The van der Waals surface area contributed by atoms with Crippen LogP contribution in [0.3, 0.4) is 0 Å². The molecule has 1 N–H and O–H groups in total. The van der Waals surface area contributed by atoms with E-state index in [4.69, 9.17) is 10.00 Å². The molecule has 19 heavy (non-hydrogen) atoms. The first-order valence-electron chi connectivity index (χ1n) is 6.12. The van der Waals surface area contributed by atoms with Crippen molar-refractivity contribution in [1.82, 2.24) is 5.32 Å². The molecular weight excluding hydrogens is 247 g/mol. The number of hydrogen-bond donors (Lipinski definition) is 1. The minimum absolute atomic E-state index is 0.0475. The zero-order chi connectivity index (χ0) is 14.3. The van der Waals surface area contributed by atoms with Crippen LogP contribution in [0.5, 0.6) is 5.75 Å². The zero-order valence-corrected chi connectivity index (χ0v) is 11.1. The number of halogens is 1. The Bertz CT molecular complexity index is 481. The van der Waals surface area contributed by atoms with Gasteiger partial charge in [-0.15, -0.1) is 0 Å². The third kappa shape index (κ3) is 5.38. The summed E-state index contributed by atoms with van der Waals surface area (Å²) in [4.78, 5) is 11.4. The average molecular weight is 264 g/mol. The lowest BCUT2D eigenvalue weighted by Crippen LogP contribution is -2.30. The fourth-order valence-electron chi connectivity index (χ4n) is 1.38. The van der Waals surface area contributed by atoms with Gasteiger partial charge in [0.2, 0.25) is 0 Å². The molecule has 0 unspecified atom stereocenters. The number of nitriles is 1. The Morgan fingerprint density at radius 2 is 2.26 bits per heavy atom. The van der Waals surface area contributed by atoms with Gasteiger partial charge in [0.05, 0.1) is 5.56 Å². The number of benzene rings is 1. The van der Waals surface area contributed by atoms with Crippen LogP contribution in [0.4, 0.5) is 4.39 Å². The number of nitrogens with one attached hydrogen (secondary N) is 1. The van der Waals surface area contributed by atoms with E-state index < -0.39 is 5.82 Å². The van der Waals surface area contributed by atoms with Gasteiger partial charge in [-0.3, -0.25) is 4.79 Å². The van der Waals surface area contributed by atoms with E-state index in [1.54, 1.807) is 6.07 Å². The number of carbonyl (C=O) groups excluding carboxylic acids is 1. The van der Waals surface area contributed by atoms with Crippen LogP contribution in [-0.2, 0) is 4.79 Å². The maximum absolute atomic E-state index is 13.3. The molecule has 5 heteroatoms. The highest BCUT2D eigenvalue weighted by Gasteiger charge is 2.06. The summed E-state index contributed by atoms with van der Waals surface area (Å²) in [6.07, 6.45) is 0.900. The van der Waals surface area contributed by atoms with Crippen molar-refractivity contribution in [1.29, 1.82) is 5.26 Å². The molecule has 1 rings (SSSR count). The largest absolute Gasteiger partial charge is 0.484 e. The van der Waals surface area contributed by atoms with Crippen molar-refractivity contribution in [3.8, 4) is 11.8 Å². The summed E-state index contributed by atoms with van der Waals surface area (Å²) in [5.41, 5.74) is -0.0475. The first-order chi connectivity index (χ1) is 9.02. The molecule has 1 amide bonds. The third-order valence-electron chi connectivity index (χ3n) is 2.47. The number of hydrogen-bond acceptors (Lipinski definition) is 3. The fourth-order valence-corrected chi connectivity index (χ4v) is 1.38. The molecule has 1 aromatic carbocycles. The van der Waals surface area contributed by atoms with Crippen LogP contribution in [0.1, 0.15) is 25.8 Å². The second kappa shape index (κ2) is 7.37. The summed E-state index contributed by atoms with van der Waals surface area (Å²) >= 11 is 0. The molecule has 0 aliphatic carbocycles. The molecule has 4 nitrogen and oxygen atoms in total. The Morgan fingerprint density at radius 1 is 1.53 bits per heavy atom. The molecule has 0 atom stereocenters. The molecule has 0 saturated heterocycles. The van der Waals surface area contributed by atoms with Gasteiger partial charge in [0.25, 0.3) is 5.91 Å². The summed E-state index contributed by atoms with van der Waals surface area (Å²) < 4.78 is 18.4. The summed E-state index contributed by atoms with van der Waals surface area (Å²) in [6.45, 7) is 4.58. The number of nitrogens with zero attached hydrogens (tertiary/aromatic N) is 1. The van der Waals surface area contributed by atoms with Gasteiger partial charge >= 0.3 is 0 Å². The first-order valence-corrected chi connectivity index (χ1v) is 6.12. The normalized spacial score (nSPS) is 10.1. The smallest absolute Gasteiger partial charge is 0.257 e. The van der Waals surface area contributed by atoms with Crippen molar-refractivity contribution in [3.63, 3.8) is 0 Å². The van der Waals surface area contributed by atoms with E-state index in [1.165, 1.54) is 12.1 Å². The van der Waals surface area contributed by atoms with E-state index in [9.17, 15) is 9.18 Å². The van der Waals surface area contributed by atoms with Gasteiger partial charge in [-0.05, 0) is 24.5 Å². The molecule has 0 heterocycles. The quantitative estimate of drug-likeness (QED) is 0.857. The Labute approximate surface area is 112 Å². The van der Waals surface area contributed by atoms with Gasteiger partial charge in [-0.1, -0.05) is 13.8 Å². The van der Waals surface area contributed by atoms with Gasteiger partial charge in [0.15, 0.2) is 6.61 Å². The van der Waals surface area contributed by atoms with E-state index in [0.29, 0.717) is 12.5 Å². The predicted octanol–water partition coefficient (Wildman–Crippen LogP) is 2.24. The Morgan fingerprint density at radius 3 is 2.84 bits per heavy atom. The highest BCUT2D eigenvalue weighted by atomic mass is 19.1. The van der Waals surface area contributed by atoms with E-state index in [2.05, 4.69) is 19.2 Å². The van der Waals surface area contributed by atoms with Crippen LogP contribution in [0.2, 0.25) is 0 Å². The van der Waals surface area contributed by atoms with E-state index >= 15 is 0 Å². The van der Waals surface area contributed by atoms with Crippen molar-refractivity contribution in [3.05, 3.63) is 29.6 Å². The maximum Gasteiger partial charge on any atom is 0.257 e. The second-order valence-electron chi connectivity index (χ2n) is 4.57. The summed E-state index contributed by atoms with van der Waals surface area (Å²) in [5.74, 6) is -0.144. The molecule has 0 bridgehead atoms. The number of amides is 1. The molecule has 0 saturated carbocycles. The lowest BCUT2D eigenvalue weighted by molar-refractivity contribution is -0.123. The van der Waals surface area contributed by atoms with Crippen LogP contribution in [0.25, 0.3) is 0 Å². The van der Waals surface area contributed by atoms with Crippen LogP contribution in [0, 0.1) is 23.1 Å². The van der Waals surface area contributed by atoms with Crippen molar-refractivity contribution >= 4 is 5.91 Å². The van der Waals surface area contributed by atoms with Gasteiger partial charge in [0.1, 0.15) is 17.6 Å². The van der Waals surface area contributed by atoms with Crippen molar-refractivity contribution in [2.75, 3.05) is 13.2 Å². The standard InChI is InChI=1S/C14H17FN2O2/c1-10(2)5-6-17-14(18)9-19-12-4-3-11(8-16)13(15)7-12/h3-4,7,10H,5-6,9H2,1-2H3,(H,17,18). The van der Waals surface area contributed by atoms with Crippen LogP contribution >= 0.6 is 0 Å². The monoisotopic (exact) mass is 264 g/mol. The summed E-state index contributed by atoms with van der Waals surface area (Å²) in [6, 6.07) is 5.60. The Hall–Kier alpha value is -2.09. The first kappa shape index (κ1) is 15.0. The van der Waals surface area contributed by atoms with Crippen LogP contribution in [-0.4, -0.2) is 19.1 Å². The Balaban J connectivity index is 2.38. The number of carbonyl (C=O) groups is 1. The lowest BCUT2D eigenvalue weighted by Gasteiger charge is -2.09. The maximum atomic E-state index is 13.3. The van der Waals surface area contributed by atoms with Crippen molar-refractivity contribution in [2.24, 2.45) is 5.92 Å². The molecule has 0 fully saturated rings.